The number of carbonyl (C=O) groups excluding carboxylic acids is 1. The van der Waals surface area contributed by atoms with Crippen molar-refractivity contribution in [3.63, 3.8) is 0 Å². The van der Waals surface area contributed by atoms with Gasteiger partial charge in [-0.05, 0) is 12.1 Å². The molecule has 0 saturated carbocycles. The van der Waals surface area contributed by atoms with E-state index in [9.17, 15) is 13.6 Å². The maximum absolute atomic E-state index is 13.4. The molecule has 0 N–H and O–H groups in total. The predicted molar refractivity (Wildman–Crippen MR) is 61.0 cm³/mol. The Morgan fingerprint density at radius 2 is 1.94 bits per heavy atom. The summed E-state index contributed by atoms with van der Waals surface area (Å²) < 4.78 is 30.3. The second kappa shape index (κ2) is 4.68. The Balaban J connectivity index is 2.31. The van der Waals surface area contributed by atoms with Crippen molar-refractivity contribution in [3.8, 4) is 0 Å². The third-order valence-electron chi connectivity index (χ3n) is 2.95. The summed E-state index contributed by atoms with van der Waals surface area (Å²) in [5, 5.41) is 0. The lowest BCUT2D eigenvalue weighted by atomic mass is 10.1. The molecule has 5 heteroatoms. The number of aromatic nitrogens is 2. The third kappa shape index (κ3) is 2.16. The highest BCUT2D eigenvalue weighted by Gasteiger charge is 2.20. The van der Waals surface area contributed by atoms with E-state index < -0.39 is 23.0 Å². The second-order valence-corrected chi connectivity index (χ2v) is 4.10. The van der Waals surface area contributed by atoms with Gasteiger partial charge >= 0.3 is 0 Å². The summed E-state index contributed by atoms with van der Waals surface area (Å²) in [4.78, 5) is 11.9. The largest absolute Gasteiger partial charge is 0.289 e. The van der Waals surface area contributed by atoms with E-state index in [1.807, 2.05) is 18.5 Å². The van der Waals surface area contributed by atoms with E-state index in [0.717, 1.165) is 18.0 Å². The lowest BCUT2D eigenvalue weighted by Gasteiger charge is -2.03. The summed E-state index contributed by atoms with van der Waals surface area (Å²) in [6, 6.07) is 3.40. The first-order valence-electron chi connectivity index (χ1n) is 5.49. The molecule has 0 unspecified atom stereocenters. The normalized spacial score (nSPS) is 10.7. The number of ketones is 1. The summed E-state index contributed by atoms with van der Waals surface area (Å²) in [7, 11) is 1.83. The SMILES string of the molecule is Cc1n(CC(=O)c2c(F)cccc2F)cc[n+]1C. The van der Waals surface area contributed by atoms with Crippen LogP contribution in [0, 0.1) is 18.6 Å². The van der Waals surface area contributed by atoms with Crippen molar-refractivity contribution in [1.29, 1.82) is 0 Å². The van der Waals surface area contributed by atoms with Crippen molar-refractivity contribution in [2.45, 2.75) is 13.5 Å². The van der Waals surface area contributed by atoms with Gasteiger partial charge in [0.15, 0.2) is 6.54 Å². The Morgan fingerprint density at radius 1 is 1.33 bits per heavy atom. The zero-order chi connectivity index (χ0) is 13.3. The van der Waals surface area contributed by atoms with Crippen LogP contribution in [0.15, 0.2) is 30.6 Å². The molecule has 0 aliphatic heterocycles. The van der Waals surface area contributed by atoms with Crippen LogP contribution in [0.5, 0.6) is 0 Å². The van der Waals surface area contributed by atoms with E-state index >= 15 is 0 Å². The maximum atomic E-state index is 13.4. The summed E-state index contributed by atoms with van der Waals surface area (Å²) in [5.41, 5.74) is -0.478. The number of hydrogen-bond acceptors (Lipinski definition) is 1. The number of halogens is 2. The minimum atomic E-state index is -0.825. The summed E-state index contributed by atoms with van der Waals surface area (Å²) in [6.45, 7) is 1.75. The highest BCUT2D eigenvalue weighted by Crippen LogP contribution is 2.13. The molecule has 2 rings (SSSR count). The number of aryl methyl sites for hydroxylation is 1. The summed E-state index contributed by atoms with van der Waals surface area (Å²) >= 11 is 0. The number of rotatable bonds is 3. The molecule has 2 aromatic rings. The molecule has 0 saturated heterocycles. The van der Waals surface area contributed by atoms with Crippen molar-refractivity contribution in [2.24, 2.45) is 7.05 Å². The molecule has 0 aliphatic carbocycles. The molecule has 0 bridgehead atoms. The maximum Gasteiger partial charge on any atom is 0.253 e. The van der Waals surface area contributed by atoms with Crippen LogP contribution < -0.4 is 4.57 Å². The van der Waals surface area contributed by atoms with Gasteiger partial charge < -0.3 is 0 Å². The number of benzene rings is 1. The van der Waals surface area contributed by atoms with E-state index in [0.29, 0.717) is 0 Å². The first kappa shape index (κ1) is 12.4. The Morgan fingerprint density at radius 3 is 2.44 bits per heavy atom. The standard InChI is InChI=1S/C13H13F2N2O/c1-9-16(2)6-7-17(9)8-12(18)13-10(14)4-3-5-11(13)15/h3-7H,8H2,1-2H3/q+1. The van der Waals surface area contributed by atoms with Crippen molar-refractivity contribution in [2.75, 3.05) is 0 Å². The number of carbonyl (C=O) groups is 1. The highest BCUT2D eigenvalue weighted by molar-refractivity contribution is 5.96. The fourth-order valence-electron chi connectivity index (χ4n) is 1.76. The van der Waals surface area contributed by atoms with Crippen LogP contribution >= 0.6 is 0 Å². The average Bonchev–Trinajstić information content (AvgIpc) is 2.61. The Bertz CT molecular complexity index is 585. The summed E-state index contributed by atoms with van der Waals surface area (Å²) in [6.07, 6.45) is 3.48. The average molecular weight is 251 g/mol. The van der Waals surface area contributed by atoms with Crippen molar-refractivity contribution in [1.82, 2.24) is 4.57 Å². The van der Waals surface area contributed by atoms with Gasteiger partial charge in [0.1, 0.15) is 24.0 Å². The van der Waals surface area contributed by atoms with Crippen LogP contribution in [0.3, 0.4) is 0 Å². The number of Topliss-reactive ketones (excluding diaryl/α,β-unsaturated/α-hetero) is 1. The molecule has 1 aromatic heterocycles. The molecule has 0 radical (unpaired) electrons. The topological polar surface area (TPSA) is 25.9 Å². The predicted octanol–water partition coefficient (Wildman–Crippen LogP) is 1.78. The van der Waals surface area contributed by atoms with E-state index in [4.69, 9.17) is 0 Å². The Kier molecular flexibility index (Phi) is 3.23. The number of hydrogen-bond donors (Lipinski definition) is 0. The van der Waals surface area contributed by atoms with Crippen molar-refractivity contribution in [3.05, 3.63) is 53.6 Å². The van der Waals surface area contributed by atoms with Gasteiger partial charge in [0.25, 0.3) is 5.82 Å². The molecule has 0 amide bonds. The fraction of sp³-hybridized carbons (Fsp3) is 0.231. The van der Waals surface area contributed by atoms with Gasteiger partial charge in [-0.15, -0.1) is 0 Å². The van der Waals surface area contributed by atoms with Gasteiger partial charge in [0.2, 0.25) is 5.78 Å². The van der Waals surface area contributed by atoms with Gasteiger partial charge in [-0.25, -0.2) is 17.9 Å². The van der Waals surface area contributed by atoms with Crippen LogP contribution in [-0.2, 0) is 13.6 Å². The molecular formula is C13H13F2N2O+. The van der Waals surface area contributed by atoms with Crippen molar-refractivity contribution < 1.29 is 18.1 Å². The first-order valence-corrected chi connectivity index (χ1v) is 5.49. The van der Waals surface area contributed by atoms with E-state index in [1.165, 1.54) is 6.07 Å². The molecule has 18 heavy (non-hydrogen) atoms. The molecule has 1 heterocycles. The summed E-state index contributed by atoms with van der Waals surface area (Å²) in [5.74, 6) is -1.40. The third-order valence-corrected chi connectivity index (χ3v) is 2.95. The van der Waals surface area contributed by atoms with Gasteiger partial charge in [-0.3, -0.25) is 4.79 Å². The lowest BCUT2D eigenvalue weighted by Crippen LogP contribution is -2.30. The zero-order valence-corrected chi connectivity index (χ0v) is 10.2. The van der Waals surface area contributed by atoms with E-state index in [-0.39, 0.29) is 6.54 Å². The molecule has 0 spiro atoms. The smallest absolute Gasteiger partial charge is 0.253 e. The highest BCUT2D eigenvalue weighted by atomic mass is 19.1. The second-order valence-electron chi connectivity index (χ2n) is 4.10. The van der Waals surface area contributed by atoms with Crippen LogP contribution in [0.25, 0.3) is 0 Å². The quantitative estimate of drug-likeness (QED) is 0.603. The molecule has 0 aliphatic rings. The zero-order valence-electron chi connectivity index (χ0n) is 10.2. The van der Waals surface area contributed by atoms with Crippen LogP contribution in [0.1, 0.15) is 16.2 Å². The van der Waals surface area contributed by atoms with Gasteiger partial charge in [0, 0.05) is 6.92 Å². The molecule has 94 valence electrons. The Labute approximate surface area is 103 Å². The van der Waals surface area contributed by atoms with Crippen LogP contribution in [0.4, 0.5) is 8.78 Å². The van der Waals surface area contributed by atoms with E-state index in [1.54, 1.807) is 17.0 Å². The van der Waals surface area contributed by atoms with Crippen LogP contribution in [0.2, 0.25) is 0 Å². The van der Waals surface area contributed by atoms with Gasteiger partial charge in [0.05, 0.1) is 12.6 Å². The molecule has 0 atom stereocenters. The minimum Gasteiger partial charge on any atom is -0.289 e. The van der Waals surface area contributed by atoms with E-state index in [2.05, 4.69) is 0 Å². The Hall–Kier alpha value is -2.04. The fourth-order valence-corrected chi connectivity index (χ4v) is 1.76. The first-order chi connectivity index (χ1) is 8.50. The van der Waals surface area contributed by atoms with Crippen LogP contribution in [-0.4, -0.2) is 10.4 Å². The monoisotopic (exact) mass is 251 g/mol. The number of imidazole rings is 1. The molecule has 3 nitrogen and oxygen atoms in total. The van der Waals surface area contributed by atoms with Gasteiger partial charge in [-0.1, -0.05) is 6.07 Å². The van der Waals surface area contributed by atoms with Crippen molar-refractivity contribution >= 4 is 5.78 Å². The minimum absolute atomic E-state index is 0.0788. The van der Waals surface area contributed by atoms with Gasteiger partial charge in [-0.2, -0.15) is 0 Å². The number of nitrogens with zero attached hydrogens (tertiary/aromatic N) is 2. The molecular weight excluding hydrogens is 238 g/mol. The molecule has 0 fully saturated rings. The molecule has 1 aromatic carbocycles. The lowest BCUT2D eigenvalue weighted by molar-refractivity contribution is -0.677.